The summed E-state index contributed by atoms with van der Waals surface area (Å²) in [5, 5.41) is 9.10. The molecule has 3 aromatic heterocycles. The summed E-state index contributed by atoms with van der Waals surface area (Å²) in [4.78, 5) is 15.4. The third-order valence-corrected chi connectivity index (χ3v) is 4.95. The number of rotatable bonds is 6. The van der Waals surface area contributed by atoms with Crippen molar-refractivity contribution in [3.05, 3.63) is 76.5 Å². The van der Waals surface area contributed by atoms with Gasteiger partial charge in [0.1, 0.15) is 6.29 Å². The molecule has 0 aliphatic rings. The van der Waals surface area contributed by atoms with E-state index in [2.05, 4.69) is 37.1 Å². The van der Waals surface area contributed by atoms with Gasteiger partial charge in [-0.2, -0.15) is 10.2 Å². The lowest BCUT2D eigenvalue weighted by Gasteiger charge is -2.06. The molecule has 0 aliphatic heterocycles. The van der Waals surface area contributed by atoms with Crippen molar-refractivity contribution in [1.29, 1.82) is 0 Å². The lowest BCUT2D eigenvalue weighted by atomic mass is 10.0. The molecule has 0 amide bonds. The summed E-state index contributed by atoms with van der Waals surface area (Å²) in [5.74, 6) is 0. The van der Waals surface area contributed by atoms with Crippen LogP contribution in [0.4, 0.5) is 0 Å². The fourth-order valence-electron chi connectivity index (χ4n) is 3.55. The molecular weight excluding hydrogens is 350 g/mol. The van der Waals surface area contributed by atoms with Gasteiger partial charge >= 0.3 is 0 Å². The van der Waals surface area contributed by atoms with E-state index in [9.17, 15) is 4.79 Å². The monoisotopic (exact) mass is 373 g/mol. The maximum absolute atomic E-state index is 10.7. The molecule has 0 radical (unpaired) electrons. The Bertz CT molecular complexity index is 1140. The van der Waals surface area contributed by atoms with Gasteiger partial charge in [-0.05, 0) is 49.6 Å². The lowest BCUT2D eigenvalue weighted by molar-refractivity contribution is -0.107. The first-order chi connectivity index (χ1) is 13.6. The number of hydrogen-bond donors (Lipinski definition) is 0. The van der Waals surface area contributed by atoms with Crippen LogP contribution in [0.2, 0.25) is 0 Å². The Morgan fingerprint density at radius 3 is 2.61 bits per heavy atom. The minimum atomic E-state index is 0.387. The molecule has 0 atom stereocenters. The van der Waals surface area contributed by atoms with E-state index in [-0.39, 0.29) is 0 Å². The zero-order chi connectivity index (χ0) is 19.7. The highest BCUT2D eigenvalue weighted by molar-refractivity contribution is 5.55. The molecule has 0 bridgehead atoms. The molecule has 0 spiro atoms. The summed E-state index contributed by atoms with van der Waals surface area (Å²) in [6.45, 7) is 6.22. The van der Waals surface area contributed by atoms with Crippen molar-refractivity contribution < 1.29 is 4.79 Å². The highest BCUT2D eigenvalue weighted by Crippen LogP contribution is 2.22. The van der Waals surface area contributed by atoms with Crippen LogP contribution in [0, 0.1) is 13.8 Å². The maximum Gasteiger partial charge on any atom is 0.159 e. The zero-order valence-corrected chi connectivity index (χ0v) is 16.4. The Hall–Kier alpha value is -3.28. The lowest BCUT2D eigenvalue weighted by Crippen LogP contribution is -1.99. The minimum Gasteiger partial charge on any atom is -0.303 e. The van der Waals surface area contributed by atoms with Gasteiger partial charge in [-0.25, -0.2) is 14.2 Å². The molecule has 3 heterocycles. The van der Waals surface area contributed by atoms with E-state index >= 15 is 0 Å². The van der Waals surface area contributed by atoms with Crippen LogP contribution in [-0.4, -0.2) is 30.7 Å². The van der Waals surface area contributed by atoms with E-state index < -0.39 is 0 Å². The second-order valence-electron chi connectivity index (χ2n) is 7.06. The van der Waals surface area contributed by atoms with Gasteiger partial charge in [-0.15, -0.1) is 0 Å². The largest absolute Gasteiger partial charge is 0.303 e. The molecule has 142 valence electrons. The van der Waals surface area contributed by atoms with Crippen LogP contribution in [0.25, 0.3) is 11.3 Å². The zero-order valence-electron chi connectivity index (χ0n) is 16.4. The van der Waals surface area contributed by atoms with Gasteiger partial charge in [-0.1, -0.05) is 19.1 Å². The Balaban J connectivity index is 1.65. The molecule has 0 unspecified atom stereocenters. The molecule has 6 heteroatoms. The number of aldehydes is 1. The number of carbonyl (C=O) groups is 1. The highest BCUT2D eigenvalue weighted by Gasteiger charge is 2.15. The first-order valence-corrected chi connectivity index (χ1v) is 9.50. The summed E-state index contributed by atoms with van der Waals surface area (Å²) in [7, 11) is 0. The van der Waals surface area contributed by atoms with E-state index in [0.29, 0.717) is 6.42 Å². The van der Waals surface area contributed by atoms with E-state index in [1.807, 2.05) is 29.8 Å². The Kier molecular flexibility index (Phi) is 4.77. The molecule has 4 rings (SSSR count). The van der Waals surface area contributed by atoms with Crippen molar-refractivity contribution in [3.63, 3.8) is 0 Å². The van der Waals surface area contributed by atoms with E-state index in [1.165, 1.54) is 11.1 Å². The standard InChI is InChI=1S/C22H23N5O/c1-4-21-20(22-24-15(2)11-16(3)27(22)25-21)12-17-5-7-19(8-6-17)26-14-18(9-10-28)13-23-26/h5-8,10-11,13-14H,4,9,12H2,1-3H3. The molecule has 6 nitrogen and oxygen atoms in total. The van der Waals surface area contributed by atoms with Gasteiger partial charge in [0.25, 0.3) is 0 Å². The number of aryl methyl sites for hydroxylation is 3. The van der Waals surface area contributed by atoms with Crippen molar-refractivity contribution in [2.75, 3.05) is 0 Å². The first-order valence-electron chi connectivity index (χ1n) is 9.50. The third kappa shape index (κ3) is 3.33. The fourth-order valence-corrected chi connectivity index (χ4v) is 3.55. The Morgan fingerprint density at radius 1 is 1.11 bits per heavy atom. The van der Waals surface area contributed by atoms with Crippen LogP contribution in [0.3, 0.4) is 0 Å². The number of carbonyl (C=O) groups excluding carboxylic acids is 1. The van der Waals surface area contributed by atoms with Crippen molar-refractivity contribution in [2.24, 2.45) is 0 Å². The summed E-state index contributed by atoms with van der Waals surface area (Å²) >= 11 is 0. The Morgan fingerprint density at radius 2 is 1.89 bits per heavy atom. The SMILES string of the molecule is CCc1nn2c(C)cc(C)nc2c1Cc1ccc(-n2cc(CC=O)cn2)cc1. The number of hydrogen-bond acceptors (Lipinski definition) is 4. The number of aromatic nitrogens is 5. The summed E-state index contributed by atoms with van der Waals surface area (Å²) in [6, 6.07) is 10.4. The van der Waals surface area contributed by atoms with Gasteiger partial charge in [0.2, 0.25) is 0 Å². The molecule has 0 fully saturated rings. The first kappa shape index (κ1) is 18.1. The Labute approximate surface area is 163 Å². The summed E-state index contributed by atoms with van der Waals surface area (Å²) in [5.41, 5.74) is 8.43. The smallest absolute Gasteiger partial charge is 0.159 e. The molecule has 28 heavy (non-hydrogen) atoms. The summed E-state index contributed by atoms with van der Waals surface area (Å²) in [6.07, 6.45) is 6.56. The molecule has 0 saturated carbocycles. The second kappa shape index (κ2) is 7.38. The van der Waals surface area contributed by atoms with Crippen LogP contribution < -0.4 is 0 Å². The molecule has 4 aromatic rings. The van der Waals surface area contributed by atoms with Gasteiger partial charge in [0.15, 0.2) is 5.65 Å². The van der Waals surface area contributed by atoms with Gasteiger partial charge < -0.3 is 4.79 Å². The minimum absolute atomic E-state index is 0.387. The average Bonchev–Trinajstić information content (AvgIpc) is 3.28. The molecule has 0 N–H and O–H groups in total. The van der Waals surface area contributed by atoms with Crippen LogP contribution in [-0.2, 0) is 24.1 Å². The molecule has 0 saturated heterocycles. The highest BCUT2D eigenvalue weighted by atomic mass is 16.1. The van der Waals surface area contributed by atoms with Gasteiger partial charge in [-0.3, -0.25) is 0 Å². The molecule has 1 aromatic carbocycles. The van der Waals surface area contributed by atoms with Crippen LogP contribution in [0.15, 0.2) is 42.7 Å². The molecule has 0 aliphatic carbocycles. The van der Waals surface area contributed by atoms with E-state index in [4.69, 9.17) is 10.1 Å². The van der Waals surface area contributed by atoms with Gasteiger partial charge in [0, 0.05) is 36.0 Å². The fraction of sp³-hybridized carbons (Fsp3) is 0.273. The predicted octanol–water partition coefficient (Wildman–Crippen LogP) is 3.43. The van der Waals surface area contributed by atoms with Crippen LogP contribution in [0.1, 0.15) is 40.7 Å². The predicted molar refractivity (Wildman–Crippen MR) is 108 cm³/mol. The number of benzene rings is 1. The van der Waals surface area contributed by atoms with Crippen molar-refractivity contribution in [1.82, 2.24) is 24.4 Å². The quantitative estimate of drug-likeness (QED) is 0.486. The van der Waals surface area contributed by atoms with E-state index in [1.54, 1.807) is 10.9 Å². The number of nitrogens with zero attached hydrogens (tertiary/aromatic N) is 5. The number of fused-ring (bicyclic) bond motifs is 1. The molecular formula is C22H23N5O. The van der Waals surface area contributed by atoms with Crippen molar-refractivity contribution in [3.8, 4) is 5.69 Å². The summed E-state index contributed by atoms with van der Waals surface area (Å²) < 4.78 is 3.75. The van der Waals surface area contributed by atoms with Crippen LogP contribution >= 0.6 is 0 Å². The van der Waals surface area contributed by atoms with Crippen LogP contribution in [0.5, 0.6) is 0 Å². The van der Waals surface area contributed by atoms with Crippen molar-refractivity contribution in [2.45, 2.75) is 40.0 Å². The average molecular weight is 373 g/mol. The van der Waals surface area contributed by atoms with Crippen molar-refractivity contribution >= 4 is 11.9 Å². The third-order valence-electron chi connectivity index (χ3n) is 4.95. The van der Waals surface area contributed by atoms with Gasteiger partial charge in [0.05, 0.1) is 17.6 Å². The topological polar surface area (TPSA) is 65.1 Å². The van der Waals surface area contributed by atoms with E-state index in [0.717, 1.165) is 53.1 Å². The maximum atomic E-state index is 10.7. The normalized spacial score (nSPS) is 11.2. The second-order valence-corrected chi connectivity index (χ2v) is 7.06.